The zero-order valence-corrected chi connectivity index (χ0v) is 11.7. The van der Waals surface area contributed by atoms with E-state index >= 15 is 0 Å². The molecule has 0 aliphatic carbocycles. The molecule has 7 heteroatoms. The molecule has 6 nitrogen and oxygen atoms in total. The molecule has 0 radical (unpaired) electrons. The van der Waals surface area contributed by atoms with Crippen LogP contribution in [0.5, 0.6) is 0 Å². The SMILES string of the molecule is O=C1OCC[C@@H]1Sc1nnc(-c2c[nH]c3ccccc23)o1. The highest BCUT2D eigenvalue weighted by atomic mass is 32.2. The molecule has 0 spiro atoms. The van der Waals surface area contributed by atoms with E-state index in [1.807, 2.05) is 30.5 Å². The maximum Gasteiger partial charge on any atom is 0.319 e. The standard InChI is InChI=1S/C14H11N3O3S/c18-13-11(5-6-19-13)21-14-17-16-12(20-14)9-7-15-10-4-2-1-3-8(9)10/h1-4,7,11,15H,5-6H2/t11-/m0/s1. The van der Waals surface area contributed by atoms with Gasteiger partial charge in [0.05, 0.1) is 12.2 Å². The Morgan fingerprint density at radius 3 is 3.05 bits per heavy atom. The number of fused-ring (bicyclic) bond motifs is 1. The van der Waals surface area contributed by atoms with Crippen molar-refractivity contribution in [3.05, 3.63) is 30.5 Å². The highest BCUT2D eigenvalue weighted by Gasteiger charge is 2.29. The second-order valence-electron chi connectivity index (χ2n) is 4.68. The van der Waals surface area contributed by atoms with Crippen LogP contribution in [0.25, 0.3) is 22.4 Å². The van der Waals surface area contributed by atoms with E-state index in [1.165, 1.54) is 11.8 Å². The first-order chi connectivity index (χ1) is 10.3. The summed E-state index contributed by atoms with van der Waals surface area (Å²) in [5, 5.41) is 9.23. The minimum Gasteiger partial charge on any atom is -0.465 e. The van der Waals surface area contributed by atoms with Crippen molar-refractivity contribution in [1.29, 1.82) is 0 Å². The summed E-state index contributed by atoms with van der Waals surface area (Å²) >= 11 is 1.26. The van der Waals surface area contributed by atoms with Crippen molar-refractivity contribution >= 4 is 28.6 Å². The highest BCUT2D eigenvalue weighted by molar-refractivity contribution is 8.00. The Hall–Kier alpha value is -2.28. The van der Waals surface area contributed by atoms with Gasteiger partial charge in [-0.15, -0.1) is 10.2 Å². The number of esters is 1. The zero-order chi connectivity index (χ0) is 14.2. The predicted octanol–water partition coefficient (Wildman–Crippen LogP) is 2.63. The van der Waals surface area contributed by atoms with Gasteiger partial charge in [-0.2, -0.15) is 0 Å². The lowest BCUT2D eigenvalue weighted by Gasteiger charge is -1.98. The van der Waals surface area contributed by atoms with Crippen LogP contribution in [0.2, 0.25) is 0 Å². The lowest BCUT2D eigenvalue weighted by molar-refractivity contribution is -0.137. The number of nitrogens with one attached hydrogen (secondary N) is 1. The van der Waals surface area contributed by atoms with Crippen molar-refractivity contribution in [3.63, 3.8) is 0 Å². The smallest absolute Gasteiger partial charge is 0.319 e. The minimum atomic E-state index is -0.249. The van der Waals surface area contributed by atoms with E-state index in [9.17, 15) is 4.79 Å². The van der Waals surface area contributed by atoms with Crippen LogP contribution in [0, 0.1) is 0 Å². The van der Waals surface area contributed by atoms with Gasteiger partial charge in [0.15, 0.2) is 0 Å². The van der Waals surface area contributed by atoms with E-state index in [4.69, 9.17) is 9.15 Å². The van der Waals surface area contributed by atoms with Crippen LogP contribution in [0.15, 0.2) is 40.1 Å². The van der Waals surface area contributed by atoms with Crippen LogP contribution in [-0.2, 0) is 9.53 Å². The first-order valence-corrected chi connectivity index (χ1v) is 7.42. The number of hydrogen-bond donors (Lipinski definition) is 1. The molecule has 0 unspecified atom stereocenters. The fraction of sp³-hybridized carbons (Fsp3) is 0.214. The molecule has 0 bridgehead atoms. The molecular formula is C14H11N3O3S. The number of hydrogen-bond acceptors (Lipinski definition) is 6. The van der Waals surface area contributed by atoms with Gasteiger partial charge in [-0.05, 0) is 17.8 Å². The monoisotopic (exact) mass is 301 g/mol. The Morgan fingerprint density at radius 1 is 1.29 bits per heavy atom. The van der Waals surface area contributed by atoms with Crippen LogP contribution >= 0.6 is 11.8 Å². The number of rotatable bonds is 3. The number of carbonyl (C=O) groups excluding carboxylic acids is 1. The maximum atomic E-state index is 11.5. The lowest BCUT2D eigenvalue weighted by atomic mass is 10.2. The third-order valence-corrected chi connectivity index (χ3v) is 4.44. The molecule has 4 rings (SSSR count). The topological polar surface area (TPSA) is 81.0 Å². The summed E-state index contributed by atoms with van der Waals surface area (Å²) in [6.45, 7) is 0.458. The van der Waals surface area contributed by atoms with Crippen molar-refractivity contribution in [2.75, 3.05) is 6.61 Å². The van der Waals surface area contributed by atoms with E-state index in [0.29, 0.717) is 24.1 Å². The molecule has 106 valence electrons. The van der Waals surface area contributed by atoms with Gasteiger partial charge in [0.25, 0.3) is 11.1 Å². The molecule has 0 saturated carbocycles. The largest absolute Gasteiger partial charge is 0.465 e. The van der Waals surface area contributed by atoms with Gasteiger partial charge in [0, 0.05) is 23.5 Å². The number of benzene rings is 1. The molecule has 1 aromatic carbocycles. The molecular weight excluding hydrogens is 290 g/mol. The Balaban J connectivity index is 1.63. The van der Waals surface area contributed by atoms with Gasteiger partial charge in [0.2, 0.25) is 0 Å². The van der Waals surface area contributed by atoms with Gasteiger partial charge in [0.1, 0.15) is 5.25 Å². The molecule has 21 heavy (non-hydrogen) atoms. The van der Waals surface area contributed by atoms with Crippen LogP contribution in [0.1, 0.15) is 6.42 Å². The average molecular weight is 301 g/mol. The molecule has 1 saturated heterocycles. The van der Waals surface area contributed by atoms with E-state index in [1.54, 1.807) is 0 Å². The summed E-state index contributed by atoms with van der Waals surface area (Å²) in [4.78, 5) is 14.6. The Labute approximate surface area is 123 Å². The summed E-state index contributed by atoms with van der Waals surface area (Å²) < 4.78 is 10.6. The number of para-hydroxylation sites is 1. The summed E-state index contributed by atoms with van der Waals surface area (Å²) in [6.07, 6.45) is 2.52. The van der Waals surface area contributed by atoms with Crippen LogP contribution in [0.3, 0.4) is 0 Å². The maximum absolute atomic E-state index is 11.5. The predicted molar refractivity (Wildman–Crippen MR) is 76.8 cm³/mol. The number of carbonyl (C=O) groups is 1. The third-order valence-electron chi connectivity index (χ3n) is 3.36. The number of aromatic nitrogens is 3. The molecule has 2 aromatic heterocycles. The first-order valence-electron chi connectivity index (χ1n) is 6.54. The van der Waals surface area contributed by atoms with Crippen LogP contribution in [-0.4, -0.2) is 33.0 Å². The molecule has 3 heterocycles. The first kappa shape index (κ1) is 12.5. The Kier molecular flexibility index (Phi) is 2.92. The highest BCUT2D eigenvalue weighted by Crippen LogP contribution is 2.32. The third kappa shape index (κ3) is 2.19. The van der Waals surface area contributed by atoms with Crippen molar-refractivity contribution < 1.29 is 13.9 Å². The molecule has 1 aliphatic heterocycles. The Morgan fingerprint density at radius 2 is 2.19 bits per heavy atom. The summed E-state index contributed by atoms with van der Waals surface area (Å²) in [7, 11) is 0. The Bertz CT molecular complexity index is 811. The van der Waals surface area contributed by atoms with Gasteiger partial charge in [-0.1, -0.05) is 18.2 Å². The van der Waals surface area contributed by atoms with Gasteiger partial charge >= 0.3 is 5.97 Å². The fourth-order valence-corrected chi connectivity index (χ4v) is 3.16. The summed E-state index contributed by atoms with van der Waals surface area (Å²) in [5.74, 6) is 0.230. The summed E-state index contributed by atoms with van der Waals surface area (Å²) in [6, 6.07) is 7.90. The van der Waals surface area contributed by atoms with Gasteiger partial charge in [-0.25, -0.2) is 0 Å². The molecule has 3 aromatic rings. The van der Waals surface area contributed by atoms with Crippen molar-refractivity contribution in [3.8, 4) is 11.5 Å². The number of cyclic esters (lactones) is 1. The zero-order valence-electron chi connectivity index (χ0n) is 10.9. The van der Waals surface area contributed by atoms with Crippen molar-refractivity contribution in [2.45, 2.75) is 16.9 Å². The molecule has 1 atom stereocenters. The van der Waals surface area contributed by atoms with Gasteiger partial charge in [-0.3, -0.25) is 4.79 Å². The van der Waals surface area contributed by atoms with E-state index < -0.39 is 0 Å². The van der Waals surface area contributed by atoms with Crippen molar-refractivity contribution in [1.82, 2.24) is 15.2 Å². The van der Waals surface area contributed by atoms with Crippen molar-refractivity contribution in [2.24, 2.45) is 0 Å². The second-order valence-corrected chi connectivity index (χ2v) is 5.84. The minimum absolute atomic E-state index is 0.216. The van der Waals surface area contributed by atoms with Crippen LogP contribution in [0.4, 0.5) is 0 Å². The fourth-order valence-electron chi connectivity index (χ4n) is 2.32. The molecule has 1 fully saturated rings. The van der Waals surface area contributed by atoms with E-state index in [2.05, 4.69) is 15.2 Å². The number of thioether (sulfide) groups is 1. The number of nitrogens with zero attached hydrogens (tertiary/aromatic N) is 2. The molecule has 1 N–H and O–H groups in total. The quantitative estimate of drug-likeness (QED) is 0.749. The summed E-state index contributed by atoms with van der Waals surface area (Å²) in [5.41, 5.74) is 1.87. The van der Waals surface area contributed by atoms with E-state index in [-0.39, 0.29) is 11.2 Å². The van der Waals surface area contributed by atoms with E-state index in [0.717, 1.165) is 16.5 Å². The normalized spacial score (nSPS) is 18.3. The number of ether oxygens (including phenoxy) is 1. The second kappa shape index (κ2) is 4.92. The average Bonchev–Trinajstić information content (AvgIpc) is 3.20. The van der Waals surface area contributed by atoms with Gasteiger partial charge < -0.3 is 14.1 Å². The molecule has 0 amide bonds. The lowest BCUT2D eigenvalue weighted by Crippen LogP contribution is -2.09. The number of H-pyrrole nitrogens is 1. The number of aromatic amines is 1. The van der Waals surface area contributed by atoms with Crippen LogP contribution < -0.4 is 0 Å². The molecule has 1 aliphatic rings.